The Morgan fingerprint density at radius 2 is 2.35 bits per heavy atom. The number of carbonyl (C=O) groups is 1. The lowest BCUT2D eigenvalue weighted by Gasteiger charge is -2.24. The third-order valence-corrected chi connectivity index (χ3v) is 5.27. The molecule has 1 aliphatic heterocycles. The van der Waals surface area contributed by atoms with E-state index >= 15 is 0 Å². The molecule has 1 atom stereocenters. The number of carbonyl (C=O) groups excluding carboxylic acids is 1. The van der Waals surface area contributed by atoms with E-state index in [9.17, 15) is 4.79 Å². The molecule has 0 spiro atoms. The Morgan fingerprint density at radius 1 is 1.48 bits per heavy atom. The van der Waals surface area contributed by atoms with Gasteiger partial charge in [-0.2, -0.15) is 0 Å². The van der Waals surface area contributed by atoms with E-state index in [2.05, 4.69) is 16.8 Å². The lowest BCUT2D eigenvalue weighted by atomic mass is 10.2. The van der Waals surface area contributed by atoms with Crippen molar-refractivity contribution in [2.45, 2.75) is 25.4 Å². The van der Waals surface area contributed by atoms with Gasteiger partial charge in [-0.25, -0.2) is 4.79 Å². The van der Waals surface area contributed by atoms with Crippen molar-refractivity contribution < 1.29 is 9.53 Å². The van der Waals surface area contributed by atoms with Gasteiger partial charge in [-0.3, -0.25) is 0 Å². The van der Waals surface area contributed by atoms with Crippen molar-refractivity contribution in [3.8, 4) is 5.75 Å². The second kappa shape index (κ2) is 7.23. The van der Waals surface area contributed by atoms with E-state index in [1.807, 2.05) is 17.0 Å². The molecule has 6 heteroatoms. The fourth-order valence-corrected chi connectivity index (χ4v) is 3.96. The molecule has 1 unspecified atom stereocenters. The summed E-state index contributed by atoms with van der Waals surface area (Å²) in [6.45, 7) is 1.22. The SMILES string of the molecule is COc1cc(Cl)ccc1CNC(=O)N1CCCC1c1cccs1. The van der Waals surface area contributed by atoms with Crippen LogP contribution < -0.4 is 10.1 Å². The van der Waals surface area contributed by atoms with Crippen molar-refractivity contribution in [1.82, 2.24) is 10.2 Å². The molecule has 3 rings (SSSR count). The summed E-state index contributed by atoms with van der Waals surface area (Å²) in [6, 6.07) is 9.74. The van der Waals surface area contributed by atoms with Gasteiger partial charge in [0, 0.05) is 28.6 Å². The predicted molar refractivity (Wildman–Crippen MR) is 93.2 cm³/mol. The number of thiophene rings is 1. The smallest absolute Gasteiger partial charge is 0.318 e. The van der Waals surface area contributed by atoms with Crippen LogP contribution in [-0.2, 0) is 6.54 Å². The number of hydrogen-bond acceptors (Lipinski definition) is 3. The van der Waals surface area contributed by atoms with Crippen LogP contribution in [0.2, 0.25) is 5.02 Å². The fraction of sp³-hybridized carbons (Fsp3) is 0.353. The number of benzene rings is 1. The Bertz CT molecular complexity index is 675. The van der Waals surface area contributed by atoms with Crippen molar-refractivity contribution in [3.63, 3.8) is 0 Å². The van der Waals surface area contributed by atoms with E-state index < -0.39 is 0 Å². The number of methoxy groups -OCH3 is 1. The molecule has 1 aromatic heterocycles. The number of urea groups is 1. The molecular formula is C17H19ClN2O2S. The Kier molecular flexibility index (Phi) is 5.08. The summed E-state index contributed by atoms with van der Waals surface area (Å²) in [5.41, 5.74) is 0.914. The van der Waals surface area contributed by atoms with Gasteiger partial charge in [-0.1, -0.05) is 23.7 Å². The van der Waals surface area contributed by atoms with Crippen LogP contribution in [0.5, 0.6) is 5.75 Å². The largest absolute Gasteiger partial charge is 0.496 e. The van der Waals surface area contributed by atoms with Crippen LogP contribution in [0.25, 0.3) is 0 Å². The van der Waals surface area contributed by atoms with Gasteiger partial charge in [0.25, 0.3) is 0 Å². The van der Waals surface area contributed by atoms with Crippen LogP contribution in [0.15, 0.2) is 35.7 Å². The van der Waals surface area contributed by atoms with E-state index in [0.29, 0.717) is 17.3 Å². The van der Waals surface area contributed by atoms with Gasteiger partial charge in [0.15, 0.2) is 0 Å². The molecule has 122 valence electrons. The number of rotatable bonds is 4. The first-order chi connectivity index (χ1) is 11.2. The summed E-state index contributed by atoms with van der Waals surface area (Å²) >= 11 is 7.67. The zero-order valence-corrected chi connectivity index (χ0v) is 14.5. The Morgan fingerprint density at radius 3 is 3.09 bits per heavy atom. The van der Waals surface area contributed by atoms with Gasteiger partial charge in [-0.05, 0) is 36.4 Å². The van der Waals surface area contributed by atoms with Gasteiger partial charge in [-0.15, -0.1) is 11.3 Å². The van der Waals surface area contributed by atoms with Gasteiger partial charge < -0.3 is 15.0 Å². The highest BCUT2D eigenvalue weighted by atomic mass is 35.5. The summed E-state index contributed by atoms with van der Waals surface area (Å²) < 4.78 is 5.32. The van der Waals surface area contributed by atoms with Gasteiger partial charge in [0.05, 0.1) is 13.2 Å². The summed E-state index contributed by atoms with van der Waals surface area (Å²) in [4.78, 5) is 15.7. The second-order valence-electron chi connectivity index (χ2n) is 5.48. The monoisotopic (exact) mass is 350 g/mol. The average Bonchev–Trinajstić information content (AvgIpc) is 3.23. The number of ether oxygens (including phenoxy) is 1. The molecule has 1 fully saturated rings. The Balaban J connectivity index is 1.65. The first-order valence-corrected chi connectivity index (χ1v) is 8.85. The molecule has 1 aliphatic rings. The number of amides is 2. The van der Waals surface area contributed by atoms with E-state index in [-0.39, 0.29) is 12.1 Å². The molecular weight excluding hydrogens is 332 g/mol. The second-order valence-corrected chi connectivity index (χ2v) is 6.90. The normalized spacial score (nSPS) is 17.3. The van der Waals surface area contributed by atoms with Crippen molar-refractivity contribution in [3.05, 3.63) is 51.2 Å². The van der Waals surface area contributed by atoms with Crippen LogP contribution >= 0.6 is 22.9 Å². The van der Waals surface area contributed by atoms with Crippen LogP contribution in [0, 0.1) is 0 Å². The van der Waals surface area contributed by atoms with E-state index in [0.717, 1.165) is 24.9 Å². The van der Waals surface area contributed by atoms with Gasteiger partial charge in [0.2, 0.25) is 0 Å². The molecule has 0 aliphatic carbocycles. The zero-order chi connectivity index (χ0) is 16.2. The van der Waals surface area contributed by atoms with E-state index in [1.165, 1.54) is 4.88 Å². The van der Waals surface area contributed by atoms with Crippen molar-refractivity contribution in [2.75, 3.05) is 13.7 Å². The van der Waals surface area contributed by atoms with Crippen LogP contribution in [-0.4, -0.2) is 24.6 Å². The highest BCUT2D eigenvalue weighted by molar-refractivity contribution is 7.10. The molecule has 1 N–H and O–H groups in total. The molecule has 0 radical (unpaired) electrons. The maximum Gasteiger partial charge on any atom is 0.318 e. The predicted octanol–water partition coefficient (Wildman–Crippen LogP) is 4.46. The van der Waals surface area contributed by atoms with Crippen molar-refractivity contribution >= 4 is 29.0 Å². The van der Waals surface area contributed by atoms with E-state index in [1.54, 1.807) is 30.6 Å². The van der Waals surface area contributed by atoms with Gasteiger partial charge >= 0.3 is 6.03 Å². The van der Waals surface area contributed by atoms with Crippen LogP contribution in [0.4, 0.5) is 4.79 Å². The van der Waals surface area contributed by atoms with Crippen molar-refractivity contribution in [1.29, 1.82) is 0 Å². The van der Waals surface area contributed by atoms with Crippen molar-refractivity contribution in [2.24, 2.45) is 0 Å². The van der Waals surface area contributed by atoms with Gasteiger partial charge in [0.1, 0.15) is 5.75 Å². The molecule has 1 saturated heterocycles. The number of nitrogens with zero attached hydrogens (tertiary/aromatic N) is 1. The molecule has 0 saturated carbocycles. The molecule has 2 amide bonds. The maximum absolute atomic E-state index is 12.5. The zero-order valence-electron chi connectivity index (χ0n) is 12.9. The number of nitrogens with one attached hydrogen (secondary N) is 1. The summed E-state index contributed by atoms with van der Waals surface area (Å²) in [5, 5.41) is 5.67. The number of likely N-dealkylation sites (tertiary alicyclic amines) is 1. The van der Waals surface area contributed by atoms with Crippen LogP contribution in [0.3, 0.4) is 0 Å². The minimum absolute atomic E-state index is 0.0297. The maximum atomic E-state index is 12.5. The lowest BCUT2D eigenvalue weighted by Crippen LogP contribution is -2.39. The van der Waals surface area contributed by atoms with E-state index in [4.69, 9.17) is 16.3 Å². The standard InChI is InChI=1S/C17H19ClN2O2S/c1-22-15-10-13(18)7-6-12(15)11-19-17(21)20-8-2-4-14(20)16-5-3-9-23-16/h3,5-7,9-10,14H,2,4,8,11H2,1H3,(H,19,21). The first-order valence-electron chi connectivity index (χ1n) is 7.59. The number of halogens is 1. The quantitative estimate of drug-likeness (QED) is 0.884. The minimum atomic E-state index is -0.0297. The molecule has 2 heterocycles. The molecule has 1 aromatic carbocycles. The molecule has 2 aromatic rings. The average molecular weight is 351 g/mol. The molecule has 4 nitrogen and oxygen atoms in total. The summed E-state index contributed by atoms with van der Waals surface area (Å²) in [7, 11) is 1.60. The summed E-state index contributed by atoms with van der Waals surface area (Å²) in [5.74, 6) is 0.689. The minimum Gasteiger partial charge on any atom is -0.496 e. The topological polar surface area (TPSA) is 41.6 Å². The third kappa shape index (κ3) is 3.62. The van der Waals surface area contributed by atoms with Crippen LogP contribution in [0.1, 0.15) is 29.3 Å². The third-order valence-electron chi connectivity index (χ3n) is 4.06. The lowest BCUT2D eigenvalue weighted by molar-refractivity contribution is 0.193. The Labute approximate surface area is 145 Å². The highest BCUT2D eigenvalue weighted by Crippen LogP contribution is 2.34. The summed E-state index contributed by atoms with van der Waals surface area (Å²) in [6.07, 6.45) is 2.07. The molecule has 23 heavy (non-hydrogen) atoms. The molecule has 0 bridgehead atoms. The fourth-order valence-electron chi connectivity index (χ4n) is 2.92. The first kappa shape index (κ1) is 16.1. The Hall–Kier alpha value is -1.72. The number of hydrogen-bond donors (Lipinski definition) is 1. The highest BCUT2D eigenvalue weighted by Gasteiger charge is 2.30.